The van der Waals surface area contributed by atoms with Crippen molar-refractivity contribution in [3.05, 3.63) is 56.8 Å². The number of benzene rings is 2. The molecule has 0 saturated heterocycles. The van der Waals surface area contributed by atoms with Gasteiger partial charge in [-0.3, -0.25) is 0 Å². The third-order valence-corrected chi connectivity index (χ3v) is 4.68. The van der Waals surface area contributed by atoms with Gasteiger partial charge in [-0.15, -0.1) is 0 Å². The molecule has 0 bridgehead atoms. The summed E-state index contributed by atoms with van der Waals surface area (Å²) in [6.07, 6.45) is 0. The first-order chi connectivity index (χ1) is 12.4. The van der Waals surface area contributed by atoms with Crippen molar-refractivity contribution in [3.8, 4) is 11.5 Å². The van der Waals surface area contributed by atoms with E-state index in [0.29, 0.717) is 22.1 Å². The van der Waals surface area contributed by atoms with E-state index in [-0.39, 0.29) is 12.4 Å². The highest BCUT2D eigenvalue weighted by atomic mass is 79.9. The molecule has 4 nitrogen and oxygen atoms in total. The molecule has 2 aromatic rings. The van der Waals surface area contributed by atoms with Gasteiger partial charge in [0.15, 0.2) is 11.5 Å². The first kappa shape index (κ1) is 21.0. The molecule has 0 saturated carbocycles. The maximum Gasteiger partial charge on any atom is 0.175 e. The van der Waals surface area contributed by atoms with Crippen molar-refractivity contribution in [3.63, 3.8) is 0 Å². The minimum Gasteiger partial charge on any atom is -0.493 e. The first-order valence-corrected chi connectivity index (χ1v) is 9.36. The molecule has 0 aliphatic carbocycles. The van der Waals surface area contributed by atoms with Crippen LogP contribution in [0, 0.1) is 5.82 Å². The van der Waals surface area contributed by atoms with Crippen molar-refractivity contribution in [2.75, 3.05) is 34.3 Å². The number of nitrogens with zero attached hydrogens (tertiary/aromatic N) is 1. The highest BCUT2D eigenvalue weighted by molar-refractivity contribution is 9.10. The molecule has 0 amide bonds. The van der Waals surface area contributed by atoms with Gasteiger partial charge < -0.3 is 19.7 Å². The number of halogens is 3. The van der Waals surface area contributed by atoms with Crippen LogP contribution in [0.1, 0.15) is 11.1 Å². The Morgan fingerprint density at radius 1 is 1.23 bits per heavy atom. The van der Waals surface area contributed by atoms with Gasteiger partial charge in [-0.05, 0) is 59.9 Å². The van der Waals surface area contributed by atoms with Crippen molar-refractivity contribution < 1.29 is 13.9 Å². The zero-order valence-corrected chi connectivity index (χ0v) is 17.5. The number of hydrogen-bond acceptors (Lipinski definition) is 4. The smallest absolute Gasteiger partial charge is 0.175 e. The van der Waals surface area contributed by atoms with Gasteiger partial charge in [0, 0.05) is 25.2 Å². The fourth-order valence-electron chi connectivity index (χ4n) is 2.34. The van der Waals surface area contributed by atoms with E-state index in [1.165, 1.54) is 12.1 Å². The lowest BCUT2D eigenvalue weighted by molar-refractivity contribution is 0.282. The second-order valence-corrected chi connectivity index (χ2v) is 7.38. The Morgan fingerprint density at radius 2 is 2.00 bits per heavy atom. The second kappa shape index (κ2) is 10.1. The SMILES string of the molecule is COc1cc(CNCCN(C)C)cc(Br)c1OCc1ccc(F)cc1Cl. The number of rotatable bonds is 9. The van der Waals surface area contributed by atoms with Crippen molar-refractivity contribution >= 4 is 27.5 Å². The maximum absolute atomic E-state index is 13.1. The monoisotopic (exact) mass is 444 g/mol. The highest BCUT2D eigenvalue weighted by Crippen LogP contribution is 2.37. The van der Waals surface area contributed by atoms with E-state index in [1.807, 2.05) is 26.2 Å². The molecule has 0 aliphatic heterocycles. The van der Waals surface area contributed by atoms with Gasteiger partial charge >= 0.3 is 0 Å². The minimum absolute atomic E-state index is 0.217. The number of likely N-dealkylation sites (N-methyl/N-ethyl adjacent to an activating group) is 1. The second-order valence-electron chi connectivity index (χ2n) is 6.11. The lowest BCUT2D eigenvalue weighted by atomic mass is 10.2. The molecule has 7 heteroatoms. The topological polar surface area (TPSA) is 33.7 Å². The van der Waals surface area contributed by atoms with Crippen LogP contribution in [0.25, 0.3) is 0 Å². The van der Waals surface area contributed by atoms with E-state index < -0.39 is 0 Å². The average molecular weight is 446 g/mol. The van der Waals surface area contributed by atoms with Crippen LogP contribution in [0.2, 0.25) is 5.02 Å². The van der Waals surface area contributed by atoms with E-state index in [0.717, 1.165) is 29.7 Å². The summed E-state index contributed by atoms with van der Waals surface area (Å²) in [6, 6.07) is 8.18. The quantitative estimate of drug-likeness (QED) is 0.577. The van der Waals surface area contributed by atoms with Gasteiger partial charge in [-0.25, -0.2) is 4.39 Å². The Labute approximate surface area is 167 Å². The Morgan fingerprint density at radius 3 is 2.65 bits per heavy atom. The van der Waals surface area contributed by atoms with Gasteiger partial charge in [0.05, 0.1) is 16.6 Å². The molecule has 142 valence electrons. The molecule has 0 aromatic heterocycles. The van der Waals surface area contributed by atoms with E-state index >= 15 is 0 Å². The summed E-state index contributed by atoms with van der Waals surface area (Å²) in [5.74, 6) is 0.843. The first-order valence-electron chi connectivity index (χ1n) is 8.19. The third kappa shape index (κ3) is 6.13. The Balaban J connectivity index is 2.06. The summed E-state index contributed by atoms with van der Waals surface area (Å²) in [6.45, 7) is 2.81. The van der Waals surface area contributed by atoms with Crippen LogP contribution in [0.15, 0.2) is 34.8 Å². The van der Waals surface area contributed by atoms with Crippen LogP contribution in [-0.4, -0.2) is 39.2 Å². The van der Waals surface area contributed by atoms with Gasteiger partial charge in [-0.1, -0.05) is 17.7 Å². The van der Waals surface area contributed by atoms with Crippen LogP contribution >= 0.6 is 27.5 Å². The zero-order valence-electron chi connectivity index (χ0n) is 15.1. The molecule has 0 fully saturated rings. The fourth-order valence-corrected chi connectivity index (χ4v) is 3.17. The zero-order chi connectivity index (χ0) is 19.1. The lowest BCUT2D eigenvalue weighted by Crippen LogP contribution is -2.26. The summed E-state index contributed by atoms with van der Waals surface area (Å²) in [5, 5.41) is 3.72. The predicted molar refractivity (Wildman–Crippen MR) is 107 cm³/mol. The van der Waals surface area contributed by atoms with E-state index in [9.17, 15) is 4.39 Å². The lowest BCUT2D eigenvalue weighted by Gasteiger charge is -2.16. The molecule has 0 heterocycles. The molecule has 0 atom stereocenters. The van der Waals surface area contributed by atoms with Crippen molar-refractivity contribution in [1.29, 1.82) is 0 Å². The van der Waals surface area contributed by atoms with Gasteiger partial charge in [0.1, 0.15) is 12.4 Å². The molecule has 26 heavy (non-hydrogen) atoms. The molecule has 0 spiro atoms. The summed E-state index contributed by atoms with van der Waals surface area (Å²) in [5.41, 5.74) is 1.79. The molecular weight excluding hydrogens is 423 g/mol. The largest absolute Gasteiger partial charge is 0.493 e. The minimum atomic E-state index is -0.372. The molecule has 0 radical (unpaired) electrons. The van der Waals surface area contributed by atoms with Gasteiger partial charge in [-0.2, -0.15) is 0 Å². The standard InChI is InChI=1S/C19H23BrClFN2O2/c1-24(2)7-6-23-11-13-8-16(20)19(18(9-13)25-3)26-12-14-4-5-15(22)10-17(14)21/h4-5,8-10,23H,6-7,11-12H2,1-3H3. The van der Waals surface area contributed by atoms with Crippen LogP contribution in [0.4, 0.5) is 4.39 Å². The van der Waals surface area contributed by atoms with E-state index in [1.54, 1.807) is 13.2 Å². The molecule has 1 N–H and O–H groups in total. The third-order valence-electron chi connectivity index (χ3n) is 3.74. The number of methoxy groups -OCH3 is 1. The van der Waals surface area contributed by atoms with E-state index in [2.05, 4.69) is 26.1 Å². The molecule has 2 rings (SSSR count). The normalized spacial score (nSPS) is 11.0. The summed E-state index contributed by atoms with van der Waals surface area (Å²) in [4.78, 5) is 2.13. The van der Waals surface area contributed by atoms with Crippen molar-refractivity contribution in [2.45, 2.75) is 13.2 Å². The molecule has 0 aliphatic rings. The van der Waals surface area contributed by atoms with E-state index in [4.69, 9.17) is 21.1 Å². The summed E-state index contributed by atoms with van der Waals surface area (Å²) >= 11 is 9.59. The number of ether oxygens (including phenoxy) is 2. The molecule has 0 unspecified atom stereocenters. The highest BCUT2D eigenvalue weighted by Gasteiger charge is 2.13. The summed E-state index contributed by atoms with van der Waals surface area (Å²) < 4.78 is 25.3. The fraction of sp³-hybridized carbons (Fsp3) is 0.368. The Kier molecular flexibility index (Phi) is 8.15. The Hall–Kier alpha value is -1.34. The number of hydrogen-bond donors (Lipinski definition) is 1. The van der Waals surface area contributed by atoms with Crippen LogP contribution in [0.5, 0.6) is 11.5 Å². The van der Waals surface area contributed by atoms with Gasteiger partial charge in [0.2, 0.25) is 0 Å². The molecular formula is C19H23BrClFN2O2. The van der Waals surface area contributed by atoms with Crippen LogP contribution in [0.3, 0.4) is 0 Å². The maximum atomic E-state index is 13.1. The molecule has 2 aromatic carbocycles. The number of nitrogens with one attached hydrogen (secondary N) is 1. The van der Waals surface area contributed by atoms with Crippen molar-refractivity contribution in [1.82, 2.24) is 10.2 Å². The van der Waals surface area contributed by atoms with Crippen LogP contribution < -0.4 is 14.8 Å². The van der Waals surface area contributed by atoms with Crippen molar-refractivity contribution in [2.24, 2.45) is 0 Å². The summed E-state index contributed by atoms with van der Waals surface area (Å²) in [7, 11) is 5.68. The van der Waals surface area contributed by atoms with Crippen LogP contribution in [-0.2, 0) is 13.2 Å². The van der Waals surface area contributed by atoms with Gasteiger partial charge in [0.25, 0.3) is 0 Å². The Bertz CT molecular complexity index is 744. The average Bonchev–Trinajstić information content (AvgIpc) is 2.58. The predicted octanol–water partition coefficient (Wildman–Crippen LogP) is 4.48.